The molecule has 0 bridgehead atoms. The molecular weight excluding hydrogens is 186 g/mol. The molecule has 0 saturated carbocycles. The first-order chi connectivity index (χ1) is 6.92. The molecule has 15 heavy (non-hydrogen) atoms. The van der Waals surface area contributed by atoms with E-state index in [1.807, 2.05) is 20.2 Å². The van der Waals surface area contributed by atoms with Crippen molar-refractivity contribution in [1.29, 1.82) is 0 Å². The highest BCUT2D eigenvalue weighted by molar-refractivity contribution is 5.50. The van der Waals surface area contributed by atoms with E-state index in [9.17, 15) is 0 Å². The molecule has 1 rings (SSSR count). The average molecular weight is 207 g/mol. The Hall–Kier alpha value is -1.09. The van der Waals surface area contributed by atoms with Crippen molar-refractivity contribution in [2.24, 2.45) is 0 Å². The van der Waals surface area contributed by atoms with Crippen LogP contribution >= 0.6 is 0 Å². The van der Waals surface area contributed by atoms with Crippen LogP contribution < -0.4 is 10.6 Å². The van der Waals surface area contributed by atoms with Crippen molar-refractivity contribution in [3.8, 4) is 0 Å². The van der Waals surface area contributed by atoms with Crippen LogP contribution in [0.4, 0.5) is 5.69 Å². The minimum atomic E-state index is 0.135. The zero-order chi connectivity index (χ0) is 11.5. The zero-order valence-electron chi connectivity index (χ0n) is 10.3. The third-order valence-electron chi connectivity index (χ3n) is 2.20. The van der Waals surface area contributed by atoms with Gasteiger partial charge in [-0.05, 0) is 33.8 Å². The van der Waals surface area contributed by atoms with Crippen molar-refractivity contribution in [3.05, 3.63) is 23.5 Å². The predicted octanol–water partition coefficient (Wildman–Crippen LogP) is 2.32. The molecule has 3 heteroatoms. The van der Waals surface area contributed by atoms with Gasteiger partial charge in [0.25, 0.3) is 0 Å². The molecular formula is C12H21N3. The van der Waals surface area contributed by atoms with Crippen molar-refractivity contribution < 1.29 is 0 Å². The number of hydrogen-bond donors (Lipinski definition) is 2. The lowest BCUT2D eigenvalue weighted by atomic mass is 10.1. The van der Waals surface area contributed by atoms with Crippen molar-refractivity contribution >= 4 is 5.69 Å². The molecule has 1 heterocycles. The van der Waals surface area contributed by atoms with Gasteiger partial charge in [0.15, 0.2) is 0 Å². The maximum Gasteiger partial charge on any atom is 0.0416 e. The normalized spacial score (nSPS) is 11.5. The number of anilines is 1. The van der Waals surface area contributed by atoms with Gasteiger partial charge in [-0.25, -0.2) is 0 Å². The summed E-state index contributed by atoms with van der Waals surface area (Å²) in [7, 11) is 1.94. The van der Waals surface area contributed by atoms with Crippen molar-refractivity contribution in [1.82, 2.24) is 10.3 Å². The predicted molar refractivity (Wildman–Crippen MR) is 65.1 cm³/mol. The van der Waals surface area contributed by atoms with E-state index in [2.05, 4.69) is 42.5 Å². The Morgan fingerprint density at radius 3 is 2.53 bits per heavy atom. The van der Waals surface area contributed by atoms with E-state index in [0.717, 1.165) is 17.9 Å². The second-order valence-corrected chi connectivity index (χ2v) is 4.84. The number of hydrogen-bond acceptors (Lipinski definition) is 3. The Bertz CT molecular complexity index is 326. The van der Waals surface area contributed by atoms with Gasteiger partial charge in [-0.15, -0.1) is 0 Å². The maximum atomic E-state index is 4.31. The molecule has 0 spiro atoms. The van der Waals surface area contributed by atoms with Crippen LogP contribution in [0.25, 0.3) is 0 Å². The third kappa shape index (κ3) is 3.88. The fraction of sp³-hybridized carbons (Fsp3) is 0.583. The van der Waals surface area contributed by atoms with Crippen molar-refractivity contribution in [2.75, 3.05) is 12.4 Å². The Morgan fingerprint density at radius 2 is 2.00 bits per heavy atom. The van der Waals surface area contributed by atoms with Crippen LogP contribution in [0.1, 0.15) is 32.0 Å². The second kappa shape index (κ2) is 4.62. The summed E-state index contributed by atoms with van der Waals surface area (Å²) >= 11 is 0. The first-order valence-corrected chi connectivity index (χ1v) is 5.30. The molecule has 0 aliphatic rings. The molecule has 0 saturated heterocycles. The summed E-state index contributed by atoms with van der Waals surface area (Å²) in [5, 5.41) is 6.64. The molecule has 0 aliphatic carbocycles. The second-order valence-electron chi connectivity index (χ2n) is 4.84. The van der Waals surface area contributed by atoms with Gasteiger partial charge in [0.2, 0.25) is 0 Å². The number of aromatic nitrogens is 1. The summed E-state index contributed by atoms with van der Waals surface area (Å²) in [5.74, 6) is 0. The van der Waals surface area contributed by atoms with Crippen LogP contribution in [0.15, 0.2) is 12.3 Å². The van der Waals surface area contributed by atoms with E-state index in [1.54, 1.807) is 0 Å². The minimum absolute atomic E-state index is 0.135. The Balaban J connectivity index is 2.76. The van der Waals surface area contributed by atoms with Crippen LogP contribution in [0.5, 0.6) is 0 Å². The molecule has 84 valence electrons. The molecule has 0 unspecified atom stereocenters. The summed E-state index contributed by atoms with van der Waals surface area (Å²) in [5.41, 5.74) is 3.53. The lowest BCUT2D eigenvalue weighted by Gasteiger charge is -2.21. The topological polar surface area (TPSA) is 37.0 Å². The van der Waals surface area contributed by atoms with Gasteiger partial charge in [0.05, 0.1) is 0 Å². The number of pyridine rings is 1. The van der Waals surface area contributed by atoms with E-state index < -0.39 is 0 Å². The fourth-order valence-electron chi connectivity index (χ4n) is 1.32. The average Bonchev–Trinajstić information content (AvgIpc) is 2.14. The fourth-order valence-corrected chi connectivity index (χ4v) is 1.32. The Morgan fingerprint density at radius 1 is 1.33 bits per heavy atom. The summed E-state index contributed by atoms with van der Waals surface area (Å²) < 4.78 is 0. The van der Waals surface area contributed by atoms with Crippen LogP contribution in [0.3, 0.4) is 0 Å². The Kier molecular flexibility index (Phi) is 3.69. The summed E-state index contributed by atoms with van der Waals surface area (Å²) in [4.78, 5) is 4.31. The summed E-state index contributed by atoms with van der Waals surface area (Å²) in [6, 6.07) is 2.07. The van der Waals surface area contributed by atoms with E-state index in [0.29, 0.717) is 0 Å². The van der Waals surface area contributed by atoms with Gasteiger partial charge in [-0.2, -0.15) is 0 Å². The number of nitrogens with one attached hydrogen (secondary N) is 2. The quantitative estimate of drug-likeness (QED) is 0.798. The van der Waals surface area contributed by atoms with Gasteiger partial charge in [0, 0.05) is 42.3 Å². The summed E-state index contributed by atoms with van der Waals surface area (Å²) in [6.07, 6.45) is 1.93. The van der Waals surface area contributed by atoms with E-state index in [-0.39, 0.29) is 5.54 Å². The molecule has 0 fully saturated rings. The molecule has 0 aliphatic heterocycles. The zero-order valence-corrected chi connectivity index (χ0v) is 10.3. The van der Waals surface area contributed by atoms with Crippen LogP contribution in [-0.2, 0) is 6.54 Å². The molecule has 2 N–H and O–H groups in total. The van der Waals surface area contributed by atoms with Crippen molar-refractivity contribution in [2.45, 2.75) is 39.8 Å². The van der Waals surface area contributed by atoms with E-state index in [4.69, 9.17) is 0 Å². The number of nitrogens with zero attached hydrogens (tertiary/aromatic N) is 1. The van der Waals surface area contributed by atoms with Gasteiger partial charge < -0.3 is 10.6 Å². The molecule has 0 amide bonds. The first kappa shape index (κ1) is 12.0. The first-order valence-electron chi connectivity index (χ1n) is 5.30. The van der Waals surface area contributed by atoms with Crippen molar-refractivity contribution in [3.63, 3.8) is 0 Å². The number of aryl methyl sites for hydroxylation is 1. The highest BCUT2D eigenvalue weighted by Crippen LogP contribution is 2.15. The molecule has 1 aromatic heterocycles. The Labute approximate surface area is 92.3 Å². The van der Waals surface area contributed by atoms with Gasteiger partial charge in [-0.1, -0.05) is 0 Å². The van der Waals surface area contributed by atoms with E-state index in [1.165, 1.54) is 5.56 Å². The van der Waals surface area contributed by atoms with Crippen LogP contribution in [0, 0.1) is 6.92 Å². The lowest BCUT2D eigenvalue weighted by Crippen LogP contribution is -2.35. The molecule has 3 nitrogen and oxygen atoms in total. The van der Waals surface area contributed by atoms with Crippen LogP contribution in [-0.4, -0.2) is 17.6 Å². The standard InChI is InChI=1S/C12H21N3/c1-9-6-11(13-5)10(7-14-9)8-15-12(2,3)4/h6-7,15H,8H2,1-5H3,(H,13,14). The molecule has 1 aromatic rings. The van der Waals surface area contributed by atoms with Gasteiger partial charge in [0.1, 0.15) is 0 Å². The smallest absolute Gasteiger partial charge is 0.0416 e. The SMILES string of the molecule is CNc1cc(C)ncc1CNC(C)(C)C. The van der Waals surface area contributed by atoms with E-state index >= 15 is 0 Å². The largest absolute Gasteiger partial charge is 0.388 e. The maximum absolute atomic E-state index is 4.31. The minimum Gasteiger partial charge on any atom is -0.388 e. The molecule has 0 radical (unpaired) electrons. The third-order valence-corrected chi connectivity index (χ3v) is 2.20. The monoisotopic (exact) mass is 207 g/mol. The molecule has 0 atom stereocenters. The summed E-state index contributed by atoms with van der Waals surface area (Å²) in [6.45, 7) is 9.32. The van der Waals surface area contributed by atoms with Crippen LogP contribution in [0.2, 0.25) is 0 Å². The number of rotatable bonds is 3. The highest BCUT2D eigenvalue weighted by Gasteiger charge is 2.10. The van der Waals surface area contributed by atoms with Gasteiger partial charge in [-0.3, -0.25) is 4.98 Å². The highest BCUT2D eigenvalue weighted by atomic mass is 15.0. The lowest BCUT2D eigenvalue weighted by molar-refractivity contribution is 0.424. The molecule has 0 aromatic carbocycles. The van der Waals surface area contributed by atoms with Gasteiger partial charge >= 0.3 is 0 Å².